The Morgan fingerprint density at radius 1 is 1.30 bits per heavy atom. The summed E-state index contributed by atoms with van der Waals surface area (Å²) >= 11 is 0. The highest BCUT2D eigenvalue weighted by Crippen LogP contribution is 2.38. The summed E-state index contributed by atoms with van der Waals surface area (Å²) in [6.07, 6.45) is -1.15. The highest BCUT2D eigenvalue weighted by Gasteiger charge is 2.42. The lowest BCUT2D eigenvalue weighted by molar-refractivity contribution is -0.192. The van der Waals surface area contributed by atoms with E-state index in [4.69, 9.17) is 14.6 Å². The lowest BCUT2D eigenvalue weighted by Gasteiger charge is -2.35. The number of methoxy groups -OCH3 is 1. The third-order valence-electron chi connectivity index (χ3n) is 5.26. The van der Waals surface area contributed by atoms with Gasteiger partial charge in [0.1, 0.15) is 5.75 Å². The van der Waals surface area contributed by atoms with Crippen LogP contribution >= 0.6 is 0 Å². The Kier molecular flexibility index (Phi) is 9.61. The maximum Gasteiger partial charge on any atom is 0.490 e. The van der Waals surface area contributed by atoms with Crippen molar-refractivity contribution in [2.75, 3.05) is 40.8 Å². The summed E-state index contributed by atoms with van der Waals surface area (Å²) in [5.41, 5.74) is 0.693. The highest BCUT2D eigenvalue weighted by atomic mass is 19.4. The number of carbonyl (C=O) groups is 2. The smallest absolute Gasteiger partial charge is 0.490 e. The van der Waals surface area contributed by atoms with E-state index in [0.29, 0.717) is 0 Å². The van der Waals surface area contributed by atoms with Crippen molar-refractivity contribution in [3.63, 3.8) is 0 Å². The molecule has 30 heavy (non-hydrogen) atoms. The van der Waals surface area contributed by atoms with Gasteiger partial charge >= 0.3 is 12.1 Å². The third kappa shape index (κ3) is 6.90. The second kappa shape index (κ2) is 11.2. The Hall–Kier alpha value is -2.29. The van der Waals surface area contributed by atoms with E-state index in [0.717, 1.165) is 56.6 Å². The van der Waals surface area contributed by atoms with Crippen LogP contribution in [0.2, 0.25) is 0 Å². The Labute approximate surface area is 175 Å². The number of alkyl halides is 3. The van der Waals surface area contributed by atoms with Gasteiger partial charge in [-0.3, -0.25) is 4.79 Å². The van der Waals surface area contributed by atoms with Crippen molar-refractivity contribution in [3.05, 3.63) is 29.8 Å². The molecule has 0 spiro atoms. The number of hydrogen-bond acceptors (Lipinski definition) is 4. The van der Waals surface area contributed by atoms with Crippen molar-refractivity contribution in [3.8, 4) is 5.75 Å². The van der Waals surface area contributed by atoms with Crippen molar-refractivity contribution in [2.45, 2.75) is 44.2 Å². The fraction of sp³-hybridized carbons (Fsp3) is 0.619. The second-order valence-corrected chi connectivity index (χ2v) is 7.52. The van der Waals surface area contributed by atoms with E-state index in [9.17, 15) is 18.0 Å². The lowest BCUT2D eigenvalue weighted by Crippen LogP contribution is -2.47. The Balaban J connectivity index is 0.000000553. The number of halogens is 3. The molecule has 170 valence electrons. The monoisotopic (exact) mass is 432 g/mol. The summed E-state index contributed by atoms with van der Waals surface area (Å²) in [5.74, 6) is -1.65. The molecule has 9 heteroatoms. The molecule has 1 unspecified atom stereocenters. The van der Waals surface area contributed by atoms with Gasteiger partial charge in [-0.2, -0.15) is 13.2 Å². The van der Waals surface area contributed by atoms with Gasteiger partial charge in [0, 0.05) is 19.6 Å². The number of hydrogen-bond donors (Lipinski definition) is 1. The quantitative estimate of drug-likeness (QED) is 0.745. The minimum absolute atomic E-state index is 0.285. The summed E-state index contributed by atoms with van der Waals surface area (Å²) in [4.78, 5) is 26.5. The molecule has 0 bridgehead atoms. The molecule has 1 aliphatic rings. The van der Waals surface area contributed by atoms with Gasteiger partial charge in [0.05, 0.1) is 12.5 Å². The SMILES string of the molecule is CCC1(c2cccc(OC)c2)CCCCN(CCN(C)C)C1=O.O=C(O)C(F)(F)F. The highest BCUT2D eigenvalue weighted by molar-refractivity contribution is 5.88. The van der Waals surface area contributed by atoms with Crippen molar-refractivity contribution in [2.24, 2.45) is 0 Å². The first-order valence-corrected chi connectivity index (χ1v) is 9.86. The molecular formula is C21H31F3N2O4. The zero-order chi connectivity index (χ0) is 22.9. The zero-order valence-electron chi connectivity index (χ0n) is 18.0. The van der Waals surface area contributed by atoms with Crippen LogP contribution in [0.4, 0.5) is 13.2 Å². The van der Waals surface area contributed by atoms with Crippen molar-refractivity contribution in [1.29, 1.82) is 0 Å². The van der Waals surface area contributed by atoms with E-state index in [1.54, 1.807) is 7.11 Å². The molecule has 1 fully saturated rings. The Morgan fingerprint density at radius 2 is 1.93 bits per heavy atom. The third-order valence-corrected chi connectivity index (χ3v) is 5.26. The minimum Gasteiger partial charge on any atom is -0.497 e. The van der Waals surface area contributed by atoms with Crippen molar-refractivity contribution >= 4 is 11.9 Å². The molecule has 0 aliphatic carbocycles. The van der Waals surface area contributed by atoms with E-state index >= 15 is 0 Å². The summed E-state index contributed by atoms with van der Waals surface area (Å²) in [7, 11) is 5.78. The molecule has 1 aromatic rings. The molecule has 2 rings (SSSR count). The number of carbonyl (C=O) groups excluding carboxylic acids is 1. The molecule has 1 saturated heterocycles. The fourth-order valence-corrected chi connectivity index (χ4v) is 3.50. The number of carboxylic acids is 1. The van der Waals surface area contributed by atoms with Gasteiger partial charge in [-0.15, -0.1) is 0 Å². The normalized spacial score (nSPS) is 19.7. The number of aliphatic carboxylic acids is 1. The number of likely N-dealkylation sites (N-methyl/N-ethyl adjacent to an activating group) is 1. The summed E-state index contributed by atoms with van der Waals surface area (Å²) in [6, 6.07) is 8.06. The van der Waals surface area contributed by atoms with Gasteiger partial charge in [-0.1, -0.05) is 25.5 Å². The van der Waals surface area contributed by atoms with Crippen LogP contribution in [0.3, 0.4) is 0 Å². The van der Waals surface area contributed by atoms with Gasteiger partial charge in [0.15, 0.2) is 0 Å². The number of carboxylic acid groups (broad SMARTS) is 1. The lowest BCUT2D eigenvalue weighted by atomic mass is 9.73. The largest absolute Gasteiger partial charge is 0.497 e. The summed E-state index contributed by atoms with van der Waals surface area (Å²) in [6.45, 7) is 4.71. The number of rotatable bonds is 6. The van der Waals surface area contributed by atoms with E-state index < -0.39 is 17.6 Å². The standard InChI is InChI=1S/C19H30N2O2.C2HF3O2/c1-5-19(16-9-8-10-17(15-16)23-4)11-6-7-12-21(18(19)22)14-13-20(2)3;3-2(4,5)1(6)7/h8-10,15H,5-7,11-14H2,1-4H3;(H,6,7). The predicted molar refractivity (Wildman–Crippen MR) is 108 cm³/mol. The predicted octanol–water partition coefficient (Wildman–Crippen LogP) is 3.55. The minimum atomic E-state index is -5.08. The second-order valence-electron chi connectivity index (χ2n) is 7.52. The van der Waals surface area contributed by atoms with Crippen LogP contribution in [0.15, 0.2) is 24.3 Å². The van der Waals surface area contributed by atoms with Crippen LogP contribution in [-0.4, -0.2) is 73.8 Å². The molecule has 0 saturated carbocycles. The molecule has 1 N–H and O–H groups in total. The number of nitrogens with zero attached hydrogens (tertiary/aromatic N) is 2. The Bertz CT molecular complexity index is 710. The van der Waals surface area contributed by atoms with Gasteiger partial charge in [-0.05, 0) is 51.1 Å². The molecule has 0 radical (unpaired) electrons. The Morgan fingerprint density at radius 3 is 2.43 bits per heavy atom. The average Bonchev–Trinajstić information content (AvgIpc) is 2.85. The zero-order valence-corrected chi connectivity index (χ0v) is 18.0. The van der Waals surface area contributed by atoms with Crippen LogP contribution in [0, 0.1) is 0 Å². The van der Waals surface area contributed by atoms with E-state index in [-0.39, 0.29) is 5.91 Å². The fourth-order valence-electron chi connectivity index (χ4n) is 3.50. The first-order chi connectivity index (χ1) is 14.0. The number of likely N-dealkylation sites (tertiary alicyclic amines) is 1. The van der Waals surface area contributed by atoms with Crippen LogP contribution in [-0.2, 0) is 15.0 Å². The first kappa shape index (κ1) is 25.7. The van der Waals surface area contributed by atoms with Crippen LogP contribution in [0.25, 0.3) is 0 Å². The molecule has 1 amide bonds. The topological polar surface area (TPSA) is 70.1 Å². The van der Waals surface area contributed by atoms with Gasteiger partial charge in [0.25, 0.3) is 0 Å². The van der Waals surface area contributed by atoms with E-state index in [2.05, 4.69) is 36.9 Å². The first-order valence-electron chi connectivity index (χ1n) is 9.86. The van der Waals surface area contributed by atoms with Gasteiger partial charge in [0.2, 0.25) is 5.91 Å². The average molecular weight is 432 g/mol. The molecule has 1 aliphatic heterocycles. The number of amides is 1. The molecule has 1 aromatic carbocycles. The molecule has 1 heterocycles. The summed E-state index contributed by atoms with van der Waals surface area (Å²) in [5, 5.41) is 7.12. The van der Waals surface area contributed by atoms with Crippen LogP contribution < -0.4 is 4.74 Å². The molecular weight excluding hydrogens is 401 g/mol. The molecule has 6 nitrogen and oxygen atoms in total. The summed E-state index contributed by atoms with van der Waals surface area (Å²) < 4.78 is 37.1. The maximum absolute atomic E-state index is 13.4. The van der Waals surface area contributed by atoms with E-state index in [1.807, 2.05) is 18.2 Å². The molecule has 0 aromatic heterocycles. The van der Waals surface area contributed by atoms with E-state index in [1.165, 1.54) is 0 Å². The number of ether oxygens (including phenoxy) is 1. The van der Waals surface area contributed by atoms with Gasteiger partial charge < -0.3 is 19.6 Å². The van der Waals surface area contributed by atoms with Crippen molar-refractivity contribution in [1.82, 2.24) is 9.80 Å². The van der Waals surface area contributed by atoms with Crippen LogP contribution in [0.5, 0.6) is 5.75 Å². The number of benzene rings is 1. The van der Waals surface area contributed by atoms with Crippen molar-refractivity contribution < 1.29 is 32.6 Å². The van der Waals surface area contributed by atoms with Crippen LogP contribution in [0.1, 0.15) is 38.2 Å². The van der Waals surface area contributed by atoms with Gasteiger partial charge in [-0.25, -0.2) is 4.79 Å². The maximum atomic E-state index is 13.4. The molecule has 1 atom stereocenters.